The second kappa shape index (κ2) is 10.4. The summed E-state index contributed by atoms with van der Waals surface area (Å²) in [6.45, 7) is 4.86. The third-order valence-corrected chi connectivity index (χ3v) is 8.78. The lowest BCUT2D eigenvalue weighted by Crippen LogP contribution is -2.50. The van der Waals surface area contributed by atoms with Crippen LogP contribution in [0.15, 0.2) is 36.4 Å². The Bertz CT molecular complexity index is 1280. The molecule has 5 rings (SSSR count). The predicted molar refractivity (Wildman–Crippen MR) is 137 cm³/mol. The van der Waals surface area contributed by atoms with E-state index in [9.17, 15) is 28.3 Å². The molecule has 2 fully saturated rings. The molecule has 3 atom stereocenters. The summed E-state index contributed by atoms with van der Waals surface area (Å²) in [5, 5.41) is 19.0. The van der Waals surface area contributed by atoms with Crippen molar-refractivity contribution < 1.29 is 32.5 Å². The van der Waals surface area contributed by atoms with Gasteiger partial charge < -0.3 is 14.6 Å². The molecule has 1 unspecified atom stereocenters. The fourth-order valence-corrected chi connectivity index (χ4v) is 6.33. The molecule has 1 spiro atoms. The quantitative estimate of drug-likeness (QED) is 0.425. The Kier molecular flexibility index (Phi) is 7.27. The van der Waals surface area contributed by atoms with Crippen LogP contribution in [0.3, 0.4) is 0 Å². The highest BCUT2D eigenvalue weighted by Crippen LogP contribution is 2.49. The van der Waals surface area contributed by atoms with E-state index in [0.29, 0.717) is 37.4 Å². The molecule has 0 aromatic heterocycles. The number of carboxylic acid groups (broad SMARTS) is 1. The van der Waals surface area contributed by atoms with Gasteiger partial charge in [-0.1, -0.05) is 19.1 Å². The van der Waals surface area contributed by atoms with E-state index in [-0.39, 0.29) is 28.9 Å². The zero-order valence-corrected chi connectivity index (χ0v) is 22.1. The monoisotopic (exact) mass is 542 g/mol. The van der Waals surface area contributed by atoms with Crippen molar-refractivity contribution in [3.8, 4) is 17.6 Å². The van der Waals surface area contributed by atoms with Gasteiger partial charge >= 0.3 is 12.3 Å². The molecule has 6 nitrogen and oxygen atoms in total. The normalized spacial score (nSPS) is 21.2. The minimum Gasteiger partial charge on any atom is -0.487 e. The molecule has 0 radical (unpaired) electrons. The number of benzene rings is 2. The Labute approximate surface area is 226 Å². The number of carboxylic acids is 1. The summed E-state index contributed by atoms with van der Waals surface area (Å²) in [6, 6.07) is 11.8. The number of halogens is 3. The number of nitrogens with zero attached hydrogens (tertiary/aromatic N) is 2. The minimum absolute atomic E-state index is 0.0331. The molecule has 2 aromatic carbocycles. The van der Waals surface area contributed by atoms with Gasteiger partial charge in [0.1, 0.15) is 17.1 Å². The molecule has 2 heterocycles. The van der Waals surface area contributed by atoms with Crippen molar-refractivity contribution in [1.82, 2.24) is 4.90 Å². The fraction of sp³-hybridized carbons (Fsp3) is 0.533. The van der Waals surface area contributed by atoms with Crippen LogP contribution in [0, 0.1) is 23.2 Å². The largest absolute Gasteiger partial charge is 0.573 e. The van der Waals surface area contributed by atoms with Gasteiger partial charge in [0.25, 0.3) is 0 Å². The second-order valence-electron chi connectivity index (χ2n) is 11.3. The maximum atomic E-state index is 13.0. The molecule has 9 heteroatoms. The number of carbonyl (C=O) groups is 1. The maximum absolute atomic E-state index is 13.0. The SMILES string of the molecule is CC(c1cc(C#N)ccc1OC(F)(F)F)N1CCC2(CCc3ccc([C@H](C4CC4)[C@H](C)C(=O)O)cc3O2)CC1. The lowest BCUT2D eigenvalue weighted by molar-refractivity contribution is -0.275. The van der Waals surface area contributed by atoms with Gasteiger partial charge in [0, 0.05) is 24.7 Å². The maximum Gasteiger partial charge on any atom is 0.573 e. The van der Waals surface area contributed by atoms with Gasteiger partial charge in [-0.3, -0.25) is 9.69 Å². The van der Waals surface area contributed by atoms with Gasteiger partial charge in [0.2, 0.25) is 0 Å². The standard InChI is InChI=1S/C30H33F3N2O4/c1-18(28(36)37)27(22-5-6-22)23-7-4-21-9-10-29(38-26(21)16-23)11-13-35(14-12-29)19(2)24-15-20(17-34)3-8-25(24)39-30(31,32)33/h3-4,7-8,15-16,18-19,22,27H,5-6,9-14H2,1-2H3,(H,36,37)/t18-,19?,27-/m0/s1. The average Bonchev–Trinajstić information content (AvgIpc) is 3.73. The van der Waals surface area contributed by atoms with Crippen LogP contribution in [0.2, 0.25) is 0 Å². The molecule has 3 aliphatic rings. The summed E-state index contributed by atoms with van der Waals surface area (Å²) in [6.07, 6.45) is 0.416. The van der Waals surface area contributed by atoms with Crippen LogP contribution in [-0.4, -0.2) is 41.0 Å². The molecule has 1 saturated carbocycles. The first-order valence-electron chi connectivity index (χ1n) is 13.6. The topological polar surface area (TPSA) is 82.8 Å². The van der Waals surface area contributed by atoms with E-state index in [1.54, 1.807) is 6.92 Å². The molecule has 1 N–H and O–H groups in total. The van der Waals surface area contributed by atoms with Gasteiger partial charge in [-0.15, -0.1) is 13.2 Å². The number of alkyl halides is 3. The third-order valence-electron chi connectivity index (χ3n) is 8.78. The number of rotatable bonds is 7. The number of ether oxygens (including phenoxy) is 2. The van der Waals surface area contributed by atoms with Crippen LogP contribution in [0.5, 0.6) is 11.5 Å². The first-order chi connectivity index (χ1) is 18.5. The van der Waals surface area contributed by atoms with E-state index in [2.05, 4.69) is 21.8 Å². The van der Waals surface area contributed by atoms with Crippen molar-refractivity contribution in [2.24, 2.45) is 11.8 Å². The summed E-state index contributed by atoms with van der Waals surface area (Å²) in [5.74, 6) is -0.357. The number of fused-ring (bicyclic) bond motifs is 1. The van der Waals surface area contributed by atoms with Crippen LogP contribution >= 0.6 is 0 Å². The molecule has 0 bridgehead atoms. The molecule has 1 aliphatic carbocycles. The lowest BCUT2D eigenvalue weighted by Gasteiger charge is -2.46. The van der Waals surface area contributed by atoms with Crippen molar-refractivity contribution in [2.75, 3.05) is 13.1 Å². The smallest absolute Gasteiger partial charge is 0.487 e. The molecule has 39 heavy (non-hydrogen) atoms. The summed E-state index contributed by atoms with van der Waals surface area (Å²) >= 11 is 0. The van der Waals surface area contributed by atoms with Crippen LogP contribution in [0.4, 0.5) is 13.2 Å². The molecule has 0 amide bonds. The number of hydrogen-bond acceptors (Lipinski definition) is 5. The number of hydrogen-bond donors (Lipinski definition) is 1. The van der Waals surface area contributed by atoms with Gasteiger partial charge in [-0.2, -0.15) is 5.26 Å². The second-order valence-corrected chi connectivity index (χ2v) is 11.3. The van der Waals surface area contributed by atoms with Crippen LogP contribution < -0.4 is 9.47 Å². The van der Waals surface area contributed by atoms with Crippen molar-refractivity contribution in [3.05, 3.63) is 58.7 Å². The van der Waals surface area contributed by atoms with Gasteiger partial charge in [-0.05, 0) is 92.7 Å². The highest BCUT2D eigenvalue weighted by molar-refractivity contribution is 5.71. The number of piperidine rings is 1. The van der Waals surface area contributed by atoms with Crippen LogP contribution in [-0.2, 0) is 11.2 Å². The van der Waals surface area contributed by atoms with Crippen molar-refractivity contribution in [3.63, 3.8) is 0 Å². The summed E-state index contributed by atoms with van der Waals surface area (Å²) in [7, 11) is 0. The first-order valence-corrected chi connectivity index (χ1v) is 13.6. The third kappa shape index (κ3) is 5.86. The zero-order chi connectivity index (χ0) is 27.9. The fourth-order valence-electron chi connectivity index (χ4n) is 6.33. The van der Waals surface area contributed by atoms with Gasteiger partial charge in [0.05, 0.1) is 17.6 Å². The van der Waals surface area contributed by atoms with E-state index < -0.39 is 18.2 Å². The first kappa shape index (κ1) is 27.3. The van der Waals surface area contributed by atoms with Crippen molar-refractivity contribution in [1.29, 1.82) is 5.26 Å². The van der Waals surface area contributed by atoms with E-state index in [0.717, 1.165) is 42.6 Å². The van der Waals surface area contributed by atoms with E-state index in [4.69, 9.17) is 4.74 Å². The molecular formula is C30H33F3N2O4. The van der Waals surface area contributed by atoms with Crippen molar-refractivity contribution in [2.45, 2.75) is 76.3 Å². The predicted octanol–water partition coefficient (Wildman–Crippen LogP) is 6.59. The molecule has 2 aromatic rings. The van der Waals surface area contributed by atoms with Gasteiger partial charge in [0.15, 0.2) is 0 Å². The Morgan fingerprint density at radius 2 is 1.87 bits per heavy atom. The summed E-state index contributed by atoms with van der Waals surface area (Å²) < 4.78 is 50.0. The van der Waals surface area contributed by atoms with Crippen molar-refractivity contribution >= 4 is 5.97 Å². The Morgan fingerprint density at radius 3 is 2.49 bits per heavy atom. The van der Waals surface area contributed by atoms with E-state index in [1.807, 2.05) is 19.1 Å². The average molecular weight is 543 g/mol. The molecule has 208 valence electrons. The molecule has 2 aliphatic heterocycles. The number of nitriles is 1. The van der Waals surface area contributed by atoms with Crippen LogP contribution in [0.1, 0.15) is 80.2 Å². The number of aryl methyl sites for hydroxylation is 1. The lowest BCUT2D eigenvalue weighted by atomic mass is 9.80. The zero-order valence-electron chi connectivity index (χ0n) is 22.1. The minimum atomic E-state index is -4.82. The Hall–Kier alpha value is -3.25. The number of aliphatic carboxylic acids is 1. The van der Waals surface area contributed by atoms with Gasteiger partial charge in [-0.25, -0.2) is 0 Å². The van der Waals surface area contributed by atoms with Crippen LogP contribution in [0.25, 0.3) is 0 Å². The van der Waals surface area contributed by atoms with E-state index >= 15 is 0 Å². The highest BCUT2D eigenvalue weighted by atomic mass is 19.4. The summed E-state index contributed by atoms with van der Waals surface area (Å²) in [5.41, 5.74) is 2.39. The summed E-state index contributed by atoms with van der Waals surface area (Å²) in [4.78, 5) is 13.9. The van der Waals surface area contributed by atoms with E-state index in [1.165, 1.54) is 18.2 Å². The Balaban J connectivity index is 1.31. The Morgan fingerprint density at radius 1 is 1.15 bits per heavy atom. The molecular weight excluding hydrogens is 509 g/mol. The highest BCUT2D eigenvalue weighted by Gasteiger charge is 2.43. The molecule has 1 saturated heterocycles. The number of likely N-dealkylation sites (tertiary alicyclic amines) is 1.